The van der Waals surface area contributed by atoms with Crippen LogP contribution in [0.5, 0.6) is 5.75 Å². The van der Waals surface area contributed by atoms with Gasteiger partial charge in [0.1, 0.15) is 11.9 Å². The van der Waals surface area contributed by atoms with E-state index < -0.39 is 10.0 Å². The maximum atomic E-state index is 12.7. The van der Waals surface area contributed by atoms with Crippen molar-refractivity contribution in [3.8, 4) is 5.75 Å². The molecule has 0 radical (unpaired) electrons. The van der Waals surface area contributed by atoms with E-state index in [-0.39, 0.29) is 16.9 Å². The van der Waals surface area contributed by atoms with Gasteiger partial charge in [0.25, 0.3) is 10.0 Å². The van der Waals surface area contributed by atoms with Crippen molar-refractivity contribution < 1.29 is 13.2 Å². The molecule has 0 saturated carbocycles. The molecule has 2 heterocycles. The molecule has 2 aliphatic rings. The van der Waals surface area contributed by atoms with Crippen LogP contribution in [0, 0.1) is 0 Å². The Hall–Kier alpha value is -1.76. The van der Waals surface area contributed by atoms with Crippen molar-refractivity contribution in [2.45, 2.75) is 23.3 Å². The third-order valence-electron chi connectivity index (χ3n) is 4.47. The molecule has 2 atom stereocenters. The maximum absolute atomic E-state index is 12.7. The summed E-state index contributed by atoms with van der Waals surface area (Å²) in [4.78, 5) is 0.240. The average Bonchev–Trinajstić information content (AvgIpc) is 2.92. The summed E-state index contributed by atoms with van der Waals surface area (Å²) in [5.41, 5.74) is 1.43. The Bertz CT molecular complexity index is 885. The van der Waals surface area contributed by atoms with Crippen LogP contribution in [0.2, 0.25) is 5.02 Å². The van der Waals surface area contributed by atoms with Gasteiger partial charge in [0.05, 0.1) is 10.6 Å². The van der Waals surface area contributed by atoms with Gasteiger partial charge in [-0.15, -0.1) is 0 Å². The molecule has 0 aromatic heterocycles. The molecule has 2 unspecified atom stereocenters. The number of hydrogen-bond acceptors (Lipinski definition) is 4. The van der Waals surface area contributed by atoms with Crippen molar-refractivity contribution in [3.63, 3.8) is 0 Å². The fraction of sp³-hybridized carbons (Fsp3) is 0.294. The fourth-order valence-electron chi connectivity index (χ4n) is 3.33. The van der Waals surface area contributed by atoms with Crippen LogP contribution in [0.15, 0.2) is 47.4 Å². The van der Waals surface area contributed by atoms with Gasteiger partial charge in [0.2, 0.25) is 0 Å². The first-order chi connectivity index (χ1) is 11.5. The van der Waals surface area contributed by atoms with Crippen LogP contribution in [0.25, 0.3) is 0 Å². The van der Waals surface area contributed by atoms with Gasteiger partial charge in [-0.25, -0.2) is 8.42 Å². The maximum Gasteiger partial charge on any atom is 0.261 e. The summed E-state index contributed by atoms with van der Waals surface area (Å²) in [6, 6.07) is 11.7. The van der Waals surface area contributed by atoms with Gasteiger partial charge in [0, 0.05) is 23.0 Å². The number of piperidine rings is 1. The lowest BCUT2D eigenvalue weighted by Crippen LogP contribution is -2.39. The molecule has 126 valence electrons. The zero-order chi connectivity index (χ0) is 16.7. The number of rotatable bonds is 3. The van der Waals surface area contributed by atoms with E-state index in [9.17, 15) is 8.42 Å². The van der Waals surface area contributed by atoms with Crippen LogP contribution >= 0.6 is 11.6 Å². The topological polar surface area (TPSA) is 67.4 Å². The Labute approximate surface area is 146 Å². The van der Waals surface area contributed by atoms with Gasteiger partial charge in [-0.1, -0.05) is 17.7 Å². The molecule has 2 aliphatic heterocycles. The van der Waals surface area contributed by atoms with Crippen LogP contribution in [-0.4, -0.2) is 27.6 Å². The molecular formula is C17H17ClN2O3S. The molecule has 0 spiro atoms. The van der Waals surface area contributed by atoms with Crippen molar-refractivity contribution in [3.05, 3.63) is 53.1 Å². The van der Waals surface area contributed by atoms with E-state index in [4.69, 9.17) is 16.3 Å². The van der Waals surface area contributed by atoms with Crippen LogP contribution in [-0.2, 0) is 10.0 Å². The van der Waals surface area contributed by atoms with E-state index >= 15 is 0 Å². The molecule has 7 heteroatoms. The van der Waals surface area contributed by atoms with E-state index in [0.717, 1.165) is 30.8 Å². The van der Waals surface area contributed by atoms with Crippen LogP contribution in [0.1, 0.15) is 17.9 Å². The minimum Gasteiger partial charge on any atom is -0.488 e. The number of nitrogens with one attached hydrogen (secondary N) is 2. The summed E-state index contributed by atoms with van der Waals surface area (Å²) in [6.07, 6.45) is 1.04. The van der Waals surface area contributed by atoms with Crippen LogP contribution in [0.3, 0.4) is 0 Å². The second kappa shape index (κ2) is 5.95. The quantitative estimate of drug-likeness (QED) is 0.878. The van der Waals surface area contributed by atoms with E-state index in [1.165, 1.54) is 0 Å². The molecule has 5 nitrogen and oxygen atoms in total. The highest BCUT2D eigenvalue weighted by Crippen LogP contribution is 2.42. The molecule has 0 amide bonds. The van der Waals surface area contributed by atoms with Crippen molar-refractivity contribution in [2.24, 2.45) is 0 Å². The van der Waals surface area contributed by atoms with E-state index in [0.29, 0.717) is 10.7 Å². The van der Waals surface area contributed by atoms with Crippen molar-refractivity contribution in [1.29, 1.82) is 0 Å². The first-order valence-corrected chi connectivity index (χ1v) is 9.69. The summed E-state index contributed by atoms with van der Waals surface area (Å²) in [5.74, 6) is 1.04. The highest BCUT2D eigenvalue weighted by Gasteiger charge is 2.36. The highest BCUT2D eigenvalue weighted by atomic mass is 35.5. The molecule has 0 bridgehead atoms. The molecule has 2 aromatic rings. The van der Waals surface area contributed by atoms with Gasteiger partial charge < -0.3 is 10.1 Å². The zero-order valence-electron chi connectivity index (χ0n) is 12.8. The predicted octanol–water partition coefficient (Wildman–Crippen LogP) is 2.98. The molecule has 1 fully saturated rings. The number of fused-ring (bicyclic) bond motifs is 3. The number of benzene rings is 2. The Kier molecular flexibility index (Phi) is 3.90. The number of sulfonamides is 1. The first kappa shape index (κ1) is 15.7. The molecule has 2 aromatic carbocycles. The summed E-state index contributed by atoms with van der Waals surface area (Å²) in [6.45, 7) is 1.71. The molecule has 1 saturated heterocycles. The third kappa shape index (κ3) is 2.85. The summed E-state index contributed by atoms with van der Waals surface area (Å²) in [7, 11) is -3.67. The average molecular weight is 365 g/mol. The van der Waals surface area contributed by atoms with Gasteiger partial charge in [-0.05, 0) is 49.4 Å². The Morgan fingerprint density at radius 1 is 1.21 bits per heavy atom. The van der Waals surface area contributed by atoms with Gasteiger partial charge in [-0.2, -0.15) is 0 Å². The first-order valence-electron chi connectivity index (χ1n) is 7.83. The van der Waals surface area contributed by atoms with E-state index in [2.05, 4.69) is 10.0 Å². The van der Waals surface area contributed by atoms with Crippen LogP contribution < -0.4 is 14.8 Å². The lowest BCUT2D eigenvalue weighted by Gasteiger charge is -2.24. The van der Waals surface area contributed by atoms with Gasteiger partial charge >= 0.3 is 0 Å². The normalized spacial score (nSPS) is 22.4. The van der Waals surface area contributed by atoms with Crippen molar-refractivity contribution >= 4 is 27.3 Å². The summed E-state index contributed by atoms with van der Waals surface area (Å²) < 4.78 is 33.8. The second-order valence-corrected chi connectivity index (χ2v) is 8.19. The minimum absolute atomic E-state index is 0.0904. The second-order valence-electron chi connectivity index (χ2n) is 6.07. The smallest absolute Gasteiger partial charge is 0.261 e. The number of ether oxygens (including phenoxy) is 1. The van der Waals surface area contributed by atoms with Crippen LogP contribution in [0.4, 0.5) is 5.69 Å². The monoisotopic (exact) mass is 364 g/mol. The van der Waals surface area contributed by atoms with E-state index in [1.807, 2.05) is 0 Å². The summed E-state index contributed by atoms with van der Waals surface area (Å²) >= 11 is 5.92. The molecule has 0 aliphatic carbocycles. The number of hydrogen-bond donors (Lipinski definition) is 2. The lowest BCUT2D eigenvalue weighted by atomic mass is 9.90. The SMILES string of the molecule is O=S(=O)(Nc1cccc(Cl)c1)c1ccc2c(c1)C1CCNCC1O2. The molecule has 4 rings (SSSR count). The minimum atomic E-state index is -3.67. The lowest BCUT2D eigenvalue weighted by molar-refractivity contribution is 0.177. The predicted molar refractivity (Wildman–Crippen MR) is 93.3 cm³/mol. The van der Waals surface area contributed by atoms with Crippen molar-refractivity contribution in [2.75, 3.05) is 17.8 Å². The highest BCUT2D eigenvalue weighted by molar-refractivity contribution is 7.92. The third-order valence-corrected chi connectivity index (χ3v) is 6.09. The Morgan fingerprint density at radius 2 is 2.08 bits per heavy atom. The molecule has 2 N–H and O–H groups in total. The fourth-order valence-corrected chi connectivity index (χ4v) is 4.60. The largest absolute Gasteiger partial charge is 0.488 e. The molecule has 24 heavy (non-hydrogen) atoms. The zero-order valence-corrected chi connectivity index (χ0v) is 14.4. The standard InChI is InChI=1S/C17H17ClN2O3S/c18-11-2-1-3-12(8-11)20-24(21,22)13-4-5-16-15(9-13)14-6-7-19-10-17(14)23-16/h1-5,8-9,14,17,19-20H,6-7,10H2. The number of anilines is 1. The van der Waals surface area contributed by atoms with E-state index in [1.54, 1.807) is 42.5 Å². The van der Waals surface area contributed by atoms with Crippen molar-refractivity contribution in [1.82, 2.24) is 5.32 Å². The summed E-state index contributed by atoms with van der Waals surface area (Å²) in [5, 5.41) is 3.79. The van der Waals surface area contributed by atoms with Gasteiger partial charge in [-0.3, -0.25) is 4.72 Å². The number of halogens is 1. The molecular weight excluding hydrogens is 348 g/mol. The Balaban J connectivity index is 1.65. The van der Waals surface area contributed by atoms with Gasteiger partial charge in [0.15, 0.2) is 0 Å². The Morgan fingerprint density at radius 3 is 2.92 bits per heavy atom.